The van der Waals surface area contributed by atoms with Crippen LogP contribution in [0.25, 0.3) is 0 Å². The molecule has 0 saturated carbocycles. The van der Waals surface area contributed by atoms with Gasteiger partial charge in [0.05, 0.1) is 20.6 Å². The van der Waals surface area contributed by atoms with Gasteiger partial charge < -0.3 is 14.6 Å². The summed E-state index contributed by atoms with van der Waals surface area (Å²) in [6.45, 7) is 0. The zero-order chi connectivity index (χ0) is 16.1. The van der Waals surface area contributed by atoms with Crippen LogP contribution in [0.5, 0.6) is 11.5 Å². The first-order valence-corrected chi connectivity index (χ1v) is 6.74. The molecule has 1 N–H and O–H groups in total. The highest BCUT2D eigenvalue weighted by molar-refractivity contribution is 5.69. The third kappa shape index (κ3) is 3.55. The summed E-state index contributed by atoms with van der Waals surface area (Å²) < 4.78 is 23.5. The summed E-state index contributed by atoms with van der Waals surface area (Å²) >= 11 is 0. The van der Waals surface area contributed by atoms with Gasteiger partial charge in [0.25, 0.3) is 0 Å². The van der Waals surface area contributed by atoms with Gasteiger partial charge in [0.1, 0.15) is 5.82 Å². The summed E-state index contributed by atoms with van der Waals surface area (Å²) in [6.07, 6.45) is -0.0961. The summed E-state index contributed by atoms with van der Waals surface area (Å²) in [7, 11) is 3.05. The molecule has 116 valence electrons. The van der Waals surface area contributed by atoms with Crippen molar-refractivity contribution in [2.75, 3.05) is 14.2 Å². The largest absolute Gasteiger partial charge is 0.493 e. The summed E-state index contributed by atoms with van der Waals surface area (Å²) in [4.78, 5) is 11.2. The molecule has 0 aliphatic rings. The van der Waals surface area contributed by atoms with E-state index in [0.29, 0.717) is 11.5 Å². The van der Waals surface area contributed by atoms with E-state index in [4.69, 9.17) is 14.6 Å². The lowest BCUT2D eigenvalue weighted by Gasteiger charge is -2.18. The fourth-order valence-electron chi connectivity index (χ4n) is 2.37. The Morgan fingerprint density at radius 1 is 1.05 bits per heavy atom. The first-order valence-electron chi connectivity index (χ1n) is 6.74. The summed E-state index contributed by atoms with van der Waals surface area (Å²) in [5.74, 6) is -0.580. The lowest BCUT2D eigenvalue weighted by molar-refractivity contribution is -0.137. The van der Waals surface area contributed by atoms with E-state index >= 15 is 0 Å². The number of aliphatic carboxylic acids is 1. The van der Waals surface area contributed by atoms with Crippen LogP contribution in [0.3, 0.4) is 0 Å². The van der Waals surface area contributed by atoms with Crippen LogP contribution in [0, 0.1) is 5.82 Å². The van der Waals surface area contributed by atoms with E-state index in [9.17, 15) is 9.18 Å². The van der Waals surface area contributed by atoms with Gasteiger partial charge in [-0.3, -0.25) is 4.79 Å². The van der Waals surface area contributed by atoms with Gasteiger partial charge in [0, 0.05) is 5.92 Å². The molecule has 2 rings (SSSR count). The molecule has 2 aromatic rings. The van der Waals surface area contributed by atoms with E-state index in [-0.39, 0.29) is 12.2 Å². The van der Waals surface area contributed by atoms with E-state index in [1.165, 1.54) is 26.4 Å². The second-order valence-electron chi connectivity index (χ2n) is 4.82. The Labute approximate surface area is 128 Å². The molecule has 0 aliphatic heterocycles. The molecular weight excluding hydrogens is 287 g/mol. The molecule has 0 aromatic heterocycles. The number of methoxy groups -OCH3 is 2. The van der Waals surface area contributed by atoms with Crippen molar-refractivity contribution in [2.45, 2.75) is 12.3 Å². The molecule has 0 saturated heterocycles. The van der Waals surface area contributed by atoms with Gasteiger partial charge in [-0.05, 0) is 35.4 Å². The first-order chi connectivity index (χ1) is 10.5. The van der Waals surface area contributed by atoms with Crippen molar-refractivity contribution in [2.24, 2.45) is 0 Å². The Kier molecular flexibility index (Phi) is 4.99. The van der Waals surface area contributed by atoms with E-state index in [1.807, 2.05) is 0 Å². The fourth-order valence-corrected chi connectivity index (χ4v) is 2.37. The Hall–Kier alpha value is -2.56. The zero-order valence-corrected chi connectivity index (χ0v) is 12.4. The van der Waals surface area contributed by atoms with Gasteiger partial charge in [-0.25, -0.2) is 4.39 Å². The highest BCUT2D eigenvalue weighted by atomic mass is 19.1. The molecule has 5 heteroatoms. The molecule has 1 unspecified atom stereocenters. The van der Waals surface area contributed by atoms with Crippen molar-refractivity contribution < 1.29 is 23.8 Å². The number of hydrogen-bond donors (Lipinski definition) is 1. The monoisotopic (exact) mass is 304 g/mol. The number of ether oxygens (including phenoxy) is 2. The smallest absolute Gasteiger partial charge is 0.304 e. The molecule has 0 aliphatic carbocycles. The highest BCUT2D eigenvalue weighted by Gasteiger charge is 2.19. The number of carboxylic acid groups (broad SMARTS) is 1. The van der Waals surface area contributed by atoms with E-state index in [2.05, 4.69) is 0 Å². The van der Waals surface area contributed by atoms with Crippen LogP contribution in [0.1, 0.15) is 23.5 Å². The predicted octanol–water partition coefficient (Wildman–Crippen LogP) is 3.45. The zero-order valence-electron chi connectivity index (χ0n) is 12.4. The molecule has 0 fully saturated rings. The topological polar surface area (TPSA) is 55.8 Å². The lowest BCUT2D eigenvalue weighted by Crippen LogP contribution is -2.08. The van der Waals surface area contributed by atoms with Gasteiger partial charge in [0.2, 0.25) is 0 Å². The van der Waals surface area contributed by atoms with Crippen molar-refractivity contribution in [1.29, 1.82) is 0 Å². The van der Waals surface area contributed by atoms with E-state index in [0.717, 1.165) is 11.1 Å². The van der Waals surface area contributed by atoms with Crippen molar-refractivity contribution in [1.82, 2.24) is 0 Å². The minimum absolute atomic E-state index is 0.0961. The predicted molar refractivity (Wildman–Crippen MR) is 80.0 cm³/mol. The minimum atomic E-state index is -0.927. The molecule has 22 heavy (non-hydrogen) atoms. The molecule has 0 spiro atoms. The maximum Gasteiger partial charge on any atom is 0.304 e. The molecule has 0 heterocycles. The molecule has 2 aromatic carbocycles. The average Bonchev–Trinajstić information content (AvgIpc) is 2.52. The molecule has 0 amide bonds. The van der Waals surface area contributed by atoms with Gasteiger partial charge >= 0.3 is 5.97 Å². The SMILES string of the molecule is COc1ccc(C(CC(=O)O)c2ccc(F)cc2)cc1OC. The first kappa shape index (κ1) is 15.8. The summed E-state index contributed by atoms with van der Waals surface area (Å²) in [5, 5.41) is 9.16. The van der Waals surface area contributed by atoms with Crippen molar-refractivity contribution in [3.63, 3.8) is 0 Å². The number of rotatable bonds is 6. The highest BCUT2D eigenvalue weighted by Crippen LogP contribution is 2.35. The maximum absolute atomic E-state index is 13.1. The van der Waals surface area contributed by atoms with Crippen LogP contribution in [-0.2, 0) is 4.79 Å². The Bertz CT molecular complexity index is 652. The van der Waals surface area contributed by atoms with E-state index in [1.54, 1.807) is 30.3 Å². The Morgan fingerprint density at radius 3 is 2.18 bits per heavy atom. The lowest BCUT2D eigenvalue weighted by atomic mass is 9.88. The summed E-state index contributed by atoms with van der Waals surface area (Å²) in [6, 6.07) is 11.1. The molecule has 4 nitrogen and oxygen atoms in total. The fraction of sp³-hybridized carbons (Fsp3) is 0.235. The van der Waals surface area contributed by atoms with Gasteiger partial charge in [-0.15, -0.1) is 0 Å². The second kappa shape index (κ2) is 6.93. The molecular formula is C17H17FO4. The van der Waals surface area contributed by atoms with Gasteiger partial charge in [0.15, 0.2) is 11.5 Å². The van der Waals surface area contributed by atoms with Crippen LogP contribution in [0.15, 0.2) is 42.5 Å². The van der Waals surface area contributed by atoms with Crippen LogP contribution in [-0.4, -0.2) is 25.3 Å². The maximum atomic E-state index is 13.1. The van der Waals surface area contributed by atoms with Crippen LogP contribution in [0.2, 0.25) is 0 Å². The summed E-state index contributed by atoms with van der Waals surface area (Å²) in [5.41, 5.74) is 1.50. The third-order valence-corrected chi connectivity index (χ3v) is 3.46. The number of halogens is 1. The Morgan fingerprint density at radius 2 is 1.64 bits per heavy atom. The van der Waals surface area contributed by atoms with Crippen molar-refractivity contribution >= 4 is 5.97 Å². The average molecular weight is 304 g/mol. The van der Waals surface area contributed by atoms with Crippen molar-refractivity contribution in [3.05, 3.63) is 59.4 Å². The normalized spacial score (nSPS) is 11.8. The van der Waals surface area contributed by atoms with E-state index < -0.39 is 11.9 Å². The van der Waals surface area contributed by atoms with Crippen LogP contribution >= 0.6 is 0 Å². The quantitative estimate of drug-likeness (QED) is 0.888. The number of carboxylic acids is 1. The van der Waals surface area contributed by atoms with Gasteiger partial charge in [-0.1, -0.05) is 18.2 Å². The van der Waals surface area contributed by atoms with Gasteiger partial charge in [-0.2, -0.15) is 0 Å². The molecule has 0 bridgehead atoms. The van der Waals surface area contributed by atoms with Crippen LogP contribution < -0.4 is 9.47 Å². The molecule has 1 atom stereocenters. The second-order valence-corrected chi connectivity index (χ2v) is 4.82. The number of hydrogen-bond acceptors (Lipinski definition) is 3. The third-order valence-electron chi connectivity index (χ3n) is 3.46. The van der Waals surface area contributed by atoms with Crippen molar-refractivity contribution in [3.8, 4) is 11.5 Å². The van der Waals surface area contributed by atoms with Crippen LogP contribution in [0.4, 0.5) is 4.39 Å². The molecule has 0 radical (unpaired) electrons. The number of benzene rings is 2. The number of carbonyl (C=O) groups is 1. The minimum Gasteiger partial charge on any atom is -0.493 e. The Balaban J connectivity index is 2.45. The standard InChI is InChI=1S/C17H17FO4/c1-21-15-8-5-12(9-16(15)22-2)14(10-17(19)20)11-3-6-13(18)7-4-11/h3-9,14H,10H2,1-2H3,(H,19,20).